The molecular formula is C24H31ClIN4OPS. The second-order valence-electron chi connectivity index (χ2n) is 6.63. The molecule has 1 atom stereocenters. The van der Waals surface area contributed by atoms with Gasteiger partial charge < -0.3 is 9.73 Å². The van der Waals surface area contributed by atoms with E-state index in [1.54, 1.807) is 11.8 Å². The second-order valence-corrected chi connectivity index (χ2v) is 9.93. The van der Waals surface area contributed by atoms with Gasteiger partial charge in [-0.3, -0.25) is 4.34 Å². The van der Waals surface area contributed by atoms with E-state index in [-0.39, 0.29) is 0 Å². The van der Waals surface area contributed by atoms with Crippen LogP contribution < -0.4 is 5.32 Å². The third-order valence-electron chi connectivity index (χ3n) is 4.76. The number of imidazole rings is 1. The van der Waals surface area contributed by atoms with E-state index in [1.807, 2.05) is 47.6 Å². The first-order valence-corrected chi connectivity index (χ1v) is 16.5. The molecule has 33 heavy (non-hydrogen) atoms. The maximum Gasteiger partial charge on any atom is 0.167 e. The molecule has 178 valence electrons. The number of rotatable bonds is 5. The van der Waals surface area contributed by atoms with E-state index in [4.69, 9.17) is 21.0 Å². The molecule has 1 aromatic carbocycles. The second kappa shape index (κ2) is 13.0. The molecule has 0 amide bonds. The highest BCUT2D eigenvalue weighted by Gasteiger charge is 2.16. The fourth-order valence-corrected chi connectivity index (χ4v) is 6.04. The van der Waals surface area contributed by atoms with Crippen LogP contribution in [0.2, 0.25) is 5.15 Å². The van der Waals surface area contributed by atoms with Gasteiger partial charge in [0, 0.05) is 16.5 Å². The predicted octanol–water partition coefficient (Wildman–Crippen LogP) is 9.58. The van der Waals surface area contributed by atoms with Crippen LogP contribution in [0.15, 0.2) is 39.6 Å². The van der Waals surface area contributed by atoms with Gasteiger partial charge in [0.2, 0.25) is 0 Å². The number of halogens is 2. The summed E-state index contributed by atoms with van der Waals surface area (Å²) in [4.78, 5) is 10.3. The van der Waals surface area contributed by atoms with Gasteiger partial charge in [-0.15, -0.1) is 11.8 Å². The van der Waals surface area contributed by atoms with Crippen LogP contribution in [0.1, 0.15) is 44.8 Å². The summed E-state index contributed by atoms with van der Waals surface area (Å²) in [5.41, 5.74) is 5.68. The van der Waals surface area contributed by atoms with Crippen molar-refractivity contribution < 1.29 is 4.42 Å². The molecule has 0 fully saturated rings. The number of fused-ring (bicyclic) bond motifs is 1. The Morgan fingerprint density at radius 2 is 1.73 bits per heavy atom. The summed E-state index contributed by atoms with van der Waals surface area (Å²) in [6.45, 7) is 14.0. The molecule has 0 aliphatic carbocycles. The summed E-state index contributed by atoms with van der Waals surface area (Å²) >= 11 is 10.3. The Labute approximate surface area is 220 Å². The molecule has 5 nitrogen and oxygen atoms in total. The molecule has 4 aromatic rings. The van der Waals surface area contributed by atoms with Crippen molar-refractivity contribution in [2.75, 3.05) is 11.6 Å². The molecule has 0 bridgehead atoms. The molecular weight excluding hydrogens is 586 g/mol. The highest BCUT2D eigenvalue weighted by Crippen LogP contribution is 2.38. The fraction of sp³-hybridized carbons (Fsp3) is 0.333. The number of pyridine rings is 1. The average molecular weight is 617 g/mol. The van der Waals surface area contributed by atoms with E-state index in [2.05, 4.69) is 74.1 Å². The molecule has 3 heterocycles. The van der Waals surface area contributed by atoms with Crippen LogP contribution in [-0.4, -0.2) is 20.6 Å². The largest absolute Gasteiger partial charge is 0.461 e. The van der Waals surface area contributed by atoms with Crippen molar-refractivity contribution in [3.63, 3.8) is 0 Å². The van der Waals surface area contributed by atoms with E-state index >= 15 is 0 Å². The number of hydrogen-bond donors (Lipinski definition) is 1. The lowest BCUT2D eigenvalue weighted by Crippen LogP contribution is -1.96. The number of hydrogen-bond acceptors (Lipinski definition) is 5. The number of aryl methyl sites for hydroxylation is 3. The smallest absolute Gasteiger partial charge is 0.167 e. The first-order chi connectivity index (χ1) is 15.9. The predicted molar refractivity (Wildman–Crippen MR) is 156 cm³/mol. The van der Waals surface area contributed by atoms with E-state index < -0.39 is 0 Å². The van der Waals surface area contributed by atoms with Gasteiger partial charge >= 0.3 is 0 Å². The number of anilines is 2. The summed E-state index contributed by atoms with van der Waals surface area (Å²) < 4.78 is 7.97. The summed E-state index contributed by atoms with van der Waals surface area (Å²) in [5.74, 6) is 2.76. The van der Waals surface area contributed by atoms with Crippen molar-refractivity contribution in [3.05, 3.63) is 52.6 Å². The average Bonchev–Trinajstić information content (AvgIpc) is 3.34. The zero-order valence-electron chi connectivity index (χ0n) is 20.3. The van der Waals surface area contributed by atoms with Gasteiger partial charge in [-0.2, -0.15) is 0 Å². The minimum atomic E-state index is 0.444. The molecule has 3 aromatic heterocycles. The zero-order valence-corrected chi connectivity index (χ0v) is 25.0. The molecule has 0 saturated carbocycles. The highest BCUT2D eigenvalue weighted by molar-refractivity contribution is 14.2. The van der Waals surface area contributed by atoms with Gasteiger partial charge in [0.25, 0.3) is 0 Å². The Morgan fingerprint density at radius 1 is 1.03 bits per heavy atom. The first kappa shape index (κ1) is 28.0. The van der Waals surface area contributed by atoms with E-state index in [9.17, 15) is 0 Å². The van der Waals surface area contributed by atoms with Crippen molar-refractivity contribution >= 4 is 74.3 Å². The van der Waals surface area contributed by atoms with Gasteiger partial charge in [0.1, 0.15) is 28.0 Å². The maximum atomic E-state index is 6.32. The third-order valence-corrected chi connectivity index (χ3v) is 7.88. The molecule has 0 radical (unpaired) electrons. The third kappa shape index (κ3) is 6.24. The Hall–Kier alpha value is -1.28. The Bertz CT molecular complexity index is 1210. The minimum Gasteiger partial charge on any atom is -0.461 e. The Kier molecular flexibility index (Phi) is 11.0. The Balaban J connectivity index is 0.000000914. The summed E-state index contributed by atoms with van der Waals surface area (Å²) in [6.07, 6.45) is 2.57. The molecule has 4 rings (SSSR count). The minimum absolute atomic E-state index is 0.444. The Morgan fingerprint density at radius 3 is 2.30 bits per heavy atom. The number of nitrogens with one attached hydrogen (secondary N) is 1. The van der Waals surface area contributed by atoms with E-state index in [1.165, 1.54) is 0 Å². The van der Waals surface area contributed by atoms with Crippen LogP contribution >= 0.6 is 51.8 Å². The molecule has 9 heteroatoms. The van der Waals surface area contributed by atoms with Gasteiger partial charge in [-0.25, -0.2) is 9.97 Å². The molecule has 0 spiro atoms. The van der Waals surface area contributed by atoms with Crippen molar-refractivity contribution in [3.8, 4) is 11.3 Å². The fourth-order valence-electron chi connectivity index (χ4n) is 3.13. The van der Waals surface area contributed by atoms with Crippen molar-refractivity contribution in [1.82, 2.24) is 14.3 Å². The normalized spacial score (nSPS) is 10.7. The maximum absolute atomic E-state index is 6.32. The number of thioether (sulfide) groups is 1. The number of aromatic nitrogens is 3. The van der Waals surface area contributed by atoms with Gasteiger partial charge in [-0.05, 0) is 78.9 Å². The number of nitrogens with zero attached hydrogens (tertiary/aromatic N) is 3. The van der Waals surface area contributed by atoms with Crippen LogP contribution in [0, 0.1) is 20.8 Å². The van der Waals surface area contributed by atoms with E-state index in [0.29, 0.717) is 11.5 Å². The lowest BCUT2D eigenvalue weighted by atomic mass is 10.1. The summed E-state index contributed by atoms with van der Waals surface area (Å²) in [6, 6.07) is 10.2. The lowest BCUT2D eigenvalue weighted by Gasteiger charge is -2.13. The first-order valence-electron chi connectivity index (χ1n) is 10.9. The van der Waals surface area contributed by atoms with Crippen LogP contribution in [0.25, 0.3) is 22.5 Å². The quantitative estimate of drug-likeness (QED) is 0.105. The monoisotopic (exact) mass is 616 g/mol. The molecule has 1 unspecified atom stereocenters. The van der Waals surface area contributed by atoms with Crippen LogP contribution in [-0.2, 0) is 0 Å². The van der Waals surface area contributed by atoms with Gasteiger partial charge in [0.15, 0.2) is 5.65 Å². The lowest BCUT2D eigenvalue weighted by molar-refractivity contribution is 0.545. The zero-order chi connectivity index (χ0) is 24.7. The molecule has 1 N–H and O–H groups in total. The van der Waals surface area contributed by atoms with Gasteiger partial charge in [-0.1, -0.05) is 39.3 Å². The molecule has 0 saturated heterocycles. The van der Waals surface area contributed by atoms with Crippen molar-refractivity contribution in [1.29, 1.82) is 0 Å². The highest BCUT2D eigenvalue weighted by atomic mass is 127. The van der Waals surface area contributed by atoms with Crippen LogP contribution in [0.5, 0.6) is 0 Å². The number of furan rings is 1. The van der Waals surface area contributed by atoms with Crippen molar-refractivity contribution in [2.45, 2.75) is 53.4 Å². The standard InChI is InChI=1S/C20H19ClIN4OPS.2C2H6/c1-10-7-16(27-11(10)2)13-5-6-14(17(8-13)29-4)24-15-9-18(21)25-20-19(15)23-12(3)26(20)28-22;2*1-2/h5-9,28H,1-4H3,(H,24,25);2*1-2H3. The van der Waals surface area contributed by atoms with Crippen LogP contribution in [0.4, 0.5) is 11.4 Å². The summed E-state index contributed by atoms with van der Waals surface area (Å²) in [5, 5.41) is 3.96. The van der Waals surface area contributed by atoms with E-state index in [0.717, 1.165) is 55.9 Å². The SMILES string of the molecule is CC.CC.CSc1cc(-c2cc(C)c(C)o2)ccc1Nc1cc(Cl)nc2c1nc(C)n2PI. The molecule has 0 aliphatic rings. The molecule has 0 aliphatic heterocycles. The van der Waals surface area contributed by atoms with Gasteiger partial charge in [0.05, 0.1) is 17.7 Å². The number of benzene rings is 1. The summed E-state index contributed by atoms with van der Waals surface area (Å²) in [7, 11) is 0. The van der Waals surface area contributed by atoms with Crippen molar-refractivity contribution in [2.24, 2.45) is 0 Å². The topological polar surface area (TPSA) is 55.9 Å². The van der Waals surface area contributed by atoms with Crippen LogP contribution in [0.3, 0.4) is 0 Å².